The number of ether oxygens (including phenoxy) is 1. The minimum Gasteiger partial charge on any atom is -0.459 e. The average molecular weight is 578 g/mol. The third-order valence-electron chi connectivity index (χ3n) is 7.36. The van der Waals surface area contributed by atoms with Crippen molar-refractivity contribution < 1.29 is 28.4 Å². The van der Waals surface area contributed by atoms with Crippen molar-refractivity contribution in [1.29, 1.82) is 0 Å². The van der Waals surface area contributed by atoms with Crippen LogP contribution in [0.5, 0.6) is 0 Å². The Morgan fingerprint density at radius 2 is 2.05 bits per heavy atom. The number of amides is 3. The van der Waals surface area contributed by atoms with E-state index < -0.39 is 35.4 Å². The van der Waals surface area contributed by atoms with E-state index in [1.807, 2.05) is 0 Å². The summed E-state index contributed by atoms with van der Waals surface area (Å²) in [7, 11) is 0. The molecule has 12 nitrogen and oxygen atoms in total. The van der Waals surface area contributed by atoms with Gasteiger partial charge in [-0.15, -0.1) is 12.3 Å². The van der Waals surface area contributed by atoms with Gasteiger partial charge < -0.3 is 29.8 Å². The molecule has 1 aliphatic heterocycles. The smallest absolute Gasteiger partial charge is 0.330 e. The van der Waals surface area contributed by atoms with Gasteiger partial charge in [0, 0.05) is 43.3 Å². The maximum absolute atomic E-state index is 13.5. The number of pyridine rings is 1. The second kappa shape index (κ2) is 14.3. The summed E-state index contributed by atoms with van der Waals surface area (Å²) in [5.74, 6) is 0.613. The molecule has 3 heterocycles. The summed E-state index contributed by atoms with van der Waals surface area (Å²) in [5.41, 5.74) is -0.741. The summed E-state index contributed by atoms with van der Waals surface area (Å²) >= 11 is 0. The van der Waals surface area contributed by atoms with Crippen LogP contribution in [0, 0.1) is 25.2 Å². The number of rotatable bonds is 11. The molecule has 2 aromatic rings. The monoisotopic (exact) mass is 577 g/mol. The fourth-order valence-electron chi connectivity index (χ4n) is 5.16. The normalized spacial score (nSPS) is 18.6. The molecule has 222 valence electrons. The Balaban J connectivity index is 1.51. The standard InChI is InChI=1S/C30H35N5O7/c1-3-8-25(35-16-7-11-23(30(35)40)33-28(38)24-17-19(2)42-34-24)29(39)32-21(18-20-14-15-31-27(20)37)12-13-26(36)41-22-9-5-4-6-10-22/h1,7,11-13,16-17,20-22,25H,4-6,8-10,14-15,18H2,2H3,(H,31,37)(H,32,39)(H,33,38)/t20-,21+,25-/m0/s1. The molecule has 3 amide bonds. The van der Waals surface area contributed by atoms with E-state index in [1.165, 1.54) is 36.5 Å². The molecule has 1 saturated carbocycles. The highest BCUT2D eigenvalue weighted by Gasteiger charge is 2.30. The number of terminal acetylenes is 1. The number of aromatic nitrogens is 2. The van der Waals surface area contributed by atoms with Crippen LogP contribution in [-0.2, 0) is 19.1 Å². The molecule has 0 radical (unpaired) electrons. The van der Waals surface area contributed by atoms with Gasteiger partial charge in [-0.25, -0.2) is 4.79 Å². The zero-order chi connectivity index (χ0) is 30.1. The van der Waals surface area contributed by atoms with E-state index in [-0.39, 0.29) is 42.2 Å². The molecule has 0 bridgehead atoms. The van der Waals surface area contributed by atoms with E-state index in [0.29, 0.717) is 18.7 Å². The Morgan fingerprint density at radius 1 is 1.26 bits per heavy atom. The molecule has 2 aliphatic rings. The predicted octanol–water partition coefficient (Wildman–Crippen LogP) is 2.40. The van der Waals surface area contributed by atoms with Crippen LogP contribution >= 0.6 is 0 Å². The van der Waals surface area contributed by atoms with Crippen molar-refractivity contribution in [3.63, 3.8) is 0 Å². The first-order chi connectivity index (χ1) is 20.2. The summed E-state index contributed by atoms with van der Waals surface area (Å²) in [5, 5.41) is 11.8. The van der Waals surface area contributed by atoms with Crippen LogP contribution in [0.3, 0.4) is 0 Å². The maximum Gasteiger partial charge on any atom is 0.330 e. The number of carbonyl (C=O) groups is 4. The molecule has 4 rings (SSSR count). The van der Waals surface area contributed by atoms with E-state index in [4.69, 9.17) is 15.7 Å². The number of aryl methyl sites for hydroxylation is 1. The quantitative estimate of drug-likeness (QED) is 0.208. The van der Waals surface area contributed by atoms with Crippen molar-refractivity contribution in [2.75, 3.05) is 11.9 Å². The molecule has 3 N–H and O–H groups in total. The van der Waals surface area contributed by atoms with Crippen molar-refractivity contribution in [3.8, 4) is 12.3 Å². The average Bonchev–Trinajstić information content (AvgIpc) is 3.59. The summed E-state index contributed by atoms with van der Waals surface area (Å²) < 4.78 is 11.6. The van der Waals surface area contributed by atoms with Crippen molar-refractivity contribution >= 4 is 29.4 Å². The highest BCUT2D eigenvalue weighted by molar-refractivity contribution is 6.02. The molecule has 3 atom stereocenters. The van der Waals surface area contributed by atoms with E-state index in [1.54, 1.807) is 6.92 Å². The number of nitrogens with zero attached hydrogens (tertiary/aromatic N) is 2. The highest BCUT2D eigenvalue weighted by Crippen LogP contribution is 2.21. The first-order valence-electron chi connectivity index (χ1n) is 14.1. The predicted molar refractivity (Wildman–Crippen MR) is 152 cm³/mol. The number of esters is 1. The largest absolute Gasteiger partial charge is 0.459 e. The molecule has 2 fully saturated rings. The number of hydrogen-bond donors (Lipinski definition) is 3. The van der Waals surface area contributed by atoms with Crippen molar-refractivity contribution in [2.45, 2.75) is 76.5 Å². The Labute approximate surface area is 243 Å². The molecule has 0 aromatic carbocycles. The summed E-state index contributed by atoms with van der Waals surface area (Å²) in [6.45, 7) is 2.16. The molecular formula is C30H35N5O7. The SMILES string of the molecule is C#CC[C@@H](C(=O)N[C@H](C=CC(=O)OC1CCCCC1)C[C@@H]1CCNC1=O)n1cccc(NC(=O)c2cc(C)on2)c1=O. The van der Waals surface area contributed by atoms with Crippen LogP contribution in [-0.4, -0.2) is 52.1 Å². The molecular weight excluding hydrogens is 542 g/mol. The highest BCUT2D eigenvalue weighted by atomic mass is 16.5. The molecule has 1 saturated heterocycles. The second-order valence-corrected chi connectivity index (χ2v) is 10.5. The molecule has 42 heavy (non-hydrogen) atoms. The first-order valence-corrected chi connectivity index (χ1v) is 14.1. The minimum atomic E-state index is -1.13. The number of anilines is 1. The number of carbonyl (C=O) groups excluding carboxylic acids is 4. The van der Waals surface area contributed by atoms with E-state index in [2.05, 4.69) is 27.0 Å². The van der Waals surface area contributed by atoms with E-state index >= 15 is 0 Å². The van der Waals surface area contributed by atoms with E-state index in [0.717, 1.165) is 36.7 Å². The van der Waals surface area contributed by atoms with Crippen LogP contribution < -0.4 is 21.5 Å². The Bertz CT molecular complexity index is 1430. The lowest BCUT2D eigenvalue weighted by Crippen LogP contribution is -2.43. The van der Waals surface area contributed by atoms with Gasteiger partial charge in [0.25, 0.3) is 11.5 Å². The van der Waals surface area contributed by atoms with Gasteiger partial charge in [-0.3, -0.25) is 19.2 Å². The van der Waals surface area contributed by atoms with Gasteiger partial charge in [0.05, 0.1) is 0 Å². The third kappa shape index (κ3) is 7.96. The lowest BCUT2D eigenvalue weighted by atomic mass is 9.97. The fourth-order valence-corrected chi connectivity index (χ4v) is 5.16. The van der Waals surface area contributed by atoms with Crippen LogP contribution in [0.15, 0.2) is 45.9 Å². The molecule has 12 heteroatoms. The van der Waals surface area contributed by atoms with Gasteiger partial charge in [0.15, 0.2) is 5.69 Å². The van der Waals surface area contributed by atoms with Gasteiger partial charge in [-0.2, -0.15) is 0 Å². The molecule has 1 aliphatic carbocycles. The Kier molecular flexibility index (Phi) is 10.3. The molecule has 0 unspecified atom stereocenters. The lowest BCUT2D eigenvalue weighted by Gasteiger charge is -2.23. The molecule has 2 aromatic heterocycles. The van der Waals surface area contributed by atoms with Crippen molar-refractivity contribution in [2.24, 2.45) is 5.92 Å². The fraction of sp³-hybridized carbons (Fsp3) is 0.467. The van der Waals surface area contributed by atoms with Crippen molar-refractivity contribution in [3.05, 3.63) is 58.4 Å². The Morgan fingerprint density at radius 3 is 2.71 bits per heavy atom. The van der Waals surface area contributed by atoms with Gasteiger partial charge in [-0.1, -0.05) is 17.7 Å². The maximum atomic E-state index is 13.5. The van der Waals surface area contributed by atoms with Crippen LogP contribution in [0.4, 0.5) is 5.69 Å². The van der Waals surface area contributed by atoms with Gasteiger partial charge >= 0.3 is 5.97 Å². The first kappa shape index (κ1) is 30.3. The van der Waals surface area contributed by atoms with Crippen molar-refractivity contribution in [1.82, 2.24) is 20.4 Å². The lowest BCUT2D eigenvalue weighted by molar-refractivity contribution is -0.144. The summed E-state index contributed by atoms with van der Waals surface area (Å²) in [6, 6.07) is 2.49. The third-order valence-corrected chi connectivity index (χ3v) is 7.36. The molecule has 0 spiro atoms. The second-order valence-electron chi connectivity index (χ2n) is 10.5. The van der Waals surface area contributed by atoms with Gasteiger partial charge in [0.2, 0.25) is 11.8 Å². The zero-order valence-electron chi connectivity index (χ0n) is 23.5. The van der Waals surface area contributed by atoms with Crippen LogP contribution in [0.25, 0.3) is 0 Å². The van der Waals surface area contributed by atoms with Gasteiger partial charge in [0.1, 0.15) is 23.6 Å². The summed E-state index contributed by atoms with van der Waals surface area (Å²) in [6.07, 6.45) is 15.1. The Hall–Kier alpha value is -4.66. The van der Waals surface area contributed by atoms with Crippen LogP contribution in [0.1, 0.15) is 73.7 Å². The number of hydrogen-bond acceptors (Lipinski definition) is 8. The van der Waals surface area contributed by atoms with Crippen LogP contribution in [0.2, 0.25) is 0 Å². The zero-order valence-corrected chi connectivity index (χ0v) is 23.5. The van der Waals surface area contributed by atoms with Gasteiger partial charge in [-0.05, 0) is 57.6 Å². The minimum absolute atomic E-state index is 0.00665. The topological polar surface area (TPSA) is 162 Å². The number of nitrogens with one attached hydrogen (secondary N) is 3. The van der Waals surface area contributed by atoms with E-state index in [9.17, 15) is 24.0 Å². The summed E-state index contributed by atoms with van der Waals surface area (Å²) in [4.78, 5) is 64.2.